The van der Waals surface area contributed by atoms with Crippen LogP contribution in [0.5, 0.6) is 0 Å². The number of hydrogen-bond acceptors (Lipinski definition) is 4. The molecule has 1 saturated heterocycles. The summed E-state index contributed by atoms with van der Waals surface area (Å²) in [6.45, 7) is 6.08. The van der Waals surface area contributed by atoms with Crippen LogP contribution in [0.4, 0.5) is 9.18 Å². The molecule has 0 N–H and O–H groups in total. The van der Waals surface area contributed by atoms with E-state index in [0.29, 0.717) is 19.3 Å². The van der Waals surface area contributed by atoms with Crippen LogP contribution in [-0.2, 0) is 14.3 Å². The molecule has 1 heterocycles. The number of rotatable bonds is 6. The third-order valence-electron chi connectivity index (χ3n) is 2.95. The fourth-order valence-corrected chi connectivity index (χ4v) is 2.08. The molecule has 1 amide bonds. The molecule has 0 spiro atoms. The highest BCUT2D eigenvalue weighted by atomic mass is 19.1. The summed E-state index contributed by atoms with van der Waals surface area (Å²) in [5.41, 5.74) is -0.601. The number of likely N-dealkylation sites (tertiary alicyclic amines) is 1. The number of amides is 1. The van der Waals surface area contributed by atoms with E-state index in [-0.39, 0.29) is 25.6 Å². The molecule has 0 aromatic heterocycles. The summed E-state index contributed by atoms with van der Waals surface area (Å²) in [6.07, 6.45) is 3.14. The molecular formula is C15H24FNO4. The Morgan fingerprint density at radius 1 is 1.43 bits per heavy atom. The normalized spacial score (nSPS) is 22.8. The van der Waals surface area contributed by atoms with E-state index in [4.69, 9.17) is 9.47 Å². The van der Waals surface area contributed by atoms with Gasteiger partial charge >= 0.3 is 6.09 Å². The van der Waals surface area contributed by atoms with E-state index in [0.717, 1.165) is 0 Å². The fraction of sp³-hybridized carbons (Fsp3) is 0.733. The maximum absolute atomic E-state index is 13.5. The van der Waals surface area contributed by atoms with Gasteiger partial charge in [-0.3, -0.25) is 9.69 Å². The molecule has 0 radical (unpaired) electrons. The van der Waals surface area contributed by atoms with Crippen LogP contribution in [0.15, 0.2) is 12.2 Å². The zero-order chi connectivity index (χ0) is 15.9. The minimum absolute atomic E-state index is 0.0496. The van der Waals surface area contributed by atoms with Crippen LogP contribution >= 0.6 is 0 Å². The van der Waals surface area contributed by atoms with Crippen molar-refractivity contribution in [3.63, 3.8) is 0 Å². The number of halogens is 1. The third-order valence-corrected chi connectivity index (χ3v) is 2.95. The first-order valence-corrected chi connectivity index (χ1v) is 7.15. The van der Waals surface area contributed by atoms with Gasteiger partial charge in [-0.25, -0.2) is 9.18 Å². The highest BCUT2D eigenvalue weighted by Crippen LogP contribution is 2.23. The van der Waals surface area contributed by atoms with Gasteiger partial charge in [0.2, 0.25) is 0 Å². The number of aldehydes is 1. The number of ether oxygens (including phenoxy) is 2. The lowest BCUT2D eigenvalue weighted by molar-refractivity contribution is -0.104. The van der Waals surface area contributed by atoms with E-state index < -0.39 is 17.9 Å². The van der Waals surface area contributed by atoms with Gasteiger partial charge in [0.1, 0.15) is 18.1 Å². The van der Waals surface area contributed by atoms with Gasteiger partial charge in [0.05, 0.1) is 25.8 Å². The average molecular weight is 301 g/mol. The predicted octanol–water partition coefficient (Wildman–Crippen LogP) is 2.50. The molecule has 1 aliphatic heterocycles. The first-order valence-electron chi connectivity index (χ1n) is 7.15. The largest absolute Gasteiger partial charge is 0.444 e. The Bertz CT molecular complexity index is 378. The van der Waals surface area contributed by atoms with Crippen molar-refractivity contribution in [3.8, 4) is 0 Å². The summed E-state index contributed by atoms with van der Waals surface area (Å²) >= 11 is 0. The number of hydrogen-bond donors (Lipinski definition) is 0. The lowest BCUT2D eigenvalue weighted by atomic mass is 10.2. The van der Waals surface area contributed by atoms with Crippen LogP contribution < -0.4 is 0 Å². The second-order valence-corrected chi connectivity index (χ2v) is 6.05. The Morgan fingerprint density at radius 3 is 2.76 bits per heavy atom. The van der Waals surface area contributed by atoms with Gasteiger partial charge < -0.3 is 9.47 Å². The Kier molecular flexibility index (Phi) is 6.81. The molecule has 0 aromatic carbocycles. The highest BCUT2D eigenvalue weighted by molar-refractivity contribution is 5.69. The van der Waals surface area contributed by atoms with E-state index in [2.05, 4.69) is 0 Å². The quantitative estimate of drug-likeness (QED) is 0.430. The van der Waals surface area contributed by atoms with Crippen LogP contribution in [0.25, 0.3) is 0 Å². The maximum atomic E-state index is 13.5. The van der Waals surface area contributed by atoms with Gasteiger partial charge in [0, 0.05) is 6.42 Å². The third kappa shape index (κ3) is 6.71. The van der Waals surface area contributed by atoms with Crippen molar-refractivity contribution in [2.24, 2.45) is 0 Å². The number of alkyl halides is 1. The van der Waals surface area contributed by atoms with Crippen molar-refractivity contribution >= 4 is 12.4 Å². The number of allylic oxidation sites excluding steroid dienone is 1. The van der Waals surface area contributed by atoms with Gasteiger partial charge in [-0.05, 0) is 33.3 Å². The molecule has 6 heteroatoms. The van der Waals surface area contributed by atoms with E-state index in [1.165, 1.54) is 11.0 Å². The molecule has 0 aliphatic carbocycles. The first kappa shape index (κ1) is 17.6. The molecule has 2 atom stereocenters. The molecule has 0 unspecified atom stereocenters. The van der Waals surface area contributed by atoms with Crippen molar-refractivity contribution < 1.29 is 23.5 Å². The van der Waals surface area contributed by atoms with Gasteiger partial charge in [-0.2, -0.15) is 0 Å². The summed E-state index contributed by atoms with van der Waals surface area (Å²) in [5, 5.41) is 0. The zero-order valence-corrected chi connectivity index (χ0v) is 12.9. The molecule has 1 rings (SSSR count). The van der Waals surface area contributed by atoms with Crippen molar-refractivity contribution in [2.75, 3.05) is 19.8 Å². The van der Waals surface area contributed by atoms with Crippen LogP contribution in [0.3, 0.4) is 0 Å². The number of carbonyl (C=O) groups is 2. The molecule has 0 aromatic rings. The Balaban J connectivity index is 2.41. The Hall–Kier alpha value is -1.43. The lowest BCUT2D eigenvalue weighted by Crippen LogP contribution is -2.42. The summed E-state index contributed by atoms with van der Waals surface area (Å²) < 4.78 is 24.3. The van der Waals surface area contributed by atoms with Gasteiger partial charge in [-0.1, -0.05) is 6.08 Å². The summed E-state index contributed by atoms with van der Waals surface area (Å²) in [6, 6.07) is -0.301. The van der Waals surface area contributed by atoms with Crippen LogP contribution in [0.1, 0.15) is 33.6 Å². The number of nitrogens with zero attached hydrogens (tertiary/aromatic N) is 1. The SMILES string of the molecule is CC(C)(C)OC(=O)N1C[C@@H](F)C[C@H]1COCC/C=C/C=O. The Labute approximate surface area is 125 Å². The predicted molar refractivity (Wildman–Crippen MR) is 76.9 cm³/mol. The van der Waals surface area contributed by atoms with Crippen LogP contribution in [-0.4, -0.2) is 54.9 Å². The van der Waals surface area contributed by atoms with E-state index in [1.807, 2.05) is 0 Å². The van der Waals surface area contributed by atoms with Gasteiger partial charge in [-0.15, -0.1) is 0 Å². The van der Waals surface area contributed by atoms with E-state index >= 15 is 0 Å². The standard InChI is InChI=1S/C15H24FNO4/c1-15(2,3)21-14(19)17-10-12(16)9-13(17)11-20-8-6-4-5-7-18/h4-5,7,12-13H,6,8-11H2,1-3H3/b5-4+/t12-,13-/m0/s1. The first-order chi connectivity index (χ1) is 9.83. The monoisotopic (exact) mass is 301 g/mol. The van der Waals surface area contributed by atoms with Crippen molar-refractivity contribution in [3.05, 3.63) is 12.2 Å². The van der Waals surface area contributed by atoms with E-state index in [9.17, 15) is 14.0 Å². The minimum atomic E-state index is -1.04. The maximum Gasteiger partial charge on any atom is 0.410 e. The molecular weight excluding hydrogens is 277 g/mol. The fourth-order valence-electron chi connectivity index (χ4n) is 2.08. The molecule has 0 bridgehead atoms. The van der Waals surface area contributed by atoms with Crippen LogP contribution in [0.2, 0.25) is 0 Å². The molecule has 21 heavy (non-hydrogen) atoms. The smallest absolute Gasteiger partial charge is 0.410 e. The lowest BCUT2D eigenvalue weighted by Gasteiger charge is -2.28. The van der Waals surface area contributed by atoms with Crippen molar-refractivity contribution in [1.29, 1.82) is 0 Å². The second-order valence-electron chi connectivity index (χ2n) is 6.05. The molecule has 0 saturated carbocycles. The number of carbonyl (C=O) groups excluding carboxylic acids is 2. The zero-order valence-electron chi connectivity index (χ0n) is 12.9. The molecule has 120 valence electrons. The van der Waals surface area contributed by atoms with Crippen molar-refractivity contribution in [2.45, 2.75) is 51.4 Å². The summed E-state index contributed by atoms with van der Waals surface area (Å²) in [7, 11) is 0. The summed E-state index contributed by atoms with van der Waals surface area (Å²) in [5.74, 6) is 0. The van der Waals surface area contributed by atoms with Gasteiger partial charge in [0.25, 0.3) is 0 Å². The molecule has 1 fully saturated rings. The van der Waals surface area contributed by atoms with E-state index in [1.54, 1.807) is 26.8 Å². The molecule has 5 nitrogen and oxygen atoms in total. The van der Waals surface area contributed by atoms with Crippen LogP contribution in [0, 0.1) is 0 Å². The Morgan fingerprint density at radius 2 is 2.14 bits per heavy atom. The van der Waals surface area contributed by atoms with Crippen molar-refractivity contribution in [1.82, 2.24) is 4.90 Å². The van der Waals surface area contributed by atoms with Gasteiger partial charge in [0.15, 0.2) is 0 Å². The second kappa shape index (κ2) is 8.12. The highest BCUT2D eigenvalue weighted by Gasteiger charge is 2.37. The topological polar surface area (TPSA) is 55.8 Å². The average Bonchev–Trinajstić information content (AvgIpc) is 2.73. The summed E-state index contributed by atoms with van der Waals surface area (Å²) in [4.78, 5) is 23.5. The minimum Gasteiger partial charge on any atom is -0.444 e. The molecule has 1 aliphatic rings.